The highest BCUT2D eigenvalue weighted by molar-refractivity contribution is 5.93. The van der Waals surface area contributed by atoms with Crippen molar-refractivity contribution in [2.45, 2.75) is 57.8 Å². The number of fused-ring (bicyclic) bond motifs is 1. The van der Waals surface area contributed by atoms with Gasteiger partial charge in [0.1, 0.15) is 0 Å². The van der Waals surface area contributed by atoms with Crippen molar-refractivity contribution >= 4 is 11.8 Å². The Morgan fingerprint density at radius 1 is 1.23 bits per heavy atom. The number of hydrogen-bond donors (Lipinski definition) is 0. The van der Waals surface area contributed by atoms with Gasteiger partial charge in [0.25, 0.3) is 5.91 Å². The van der Waals surface area contributed by atoms with Crippen LogP contribution in [0.5, 0.6) is 0 Å². The van der Waals surface area contributed by atoms with E-state index >= 15 is 0 Å². The lowest BCUT2D eigenvalue weighted by atomic mass is 9.92. The summed E-state index contributed by atoms with van der Waals surface area (Å²) in [7, 11) is 1.86. The van der Waals surface area contributed by atoms with E-state index in [4.69, 9.17) is 4.52 Å². The smallest absolute Gasteiger partial charge is 0.292 e. The molecular formula is C24H32N4O3. The summed E-state index contributed by atoms with van der Waals surface area (Å²) in [5.74, 6) is 0.924. The first kappa shape index (κ1) is 21.5. The summed E-state index contributed by atoms with van der Waals surface area (Å²) in [6, 6.07) is 5.85. The van der Waals surface area contributed by atoms with Gasteiger partial charge in [0, 0.05) is 57.0 Å². The molecule has 3 heterocycles. The number of carbonyl (C=O) groups is 2. The van der Waals surface area contributed by atoms with Crippen molar-refractivity contribution in [3.8, 4) is 0 Å². The number of likely N-dealkylation sites (N-methyl/N-ethyl adjacent to an activating group) is 1. The molecule has 1 aliphatic carbocycles. The Morgan fingerprint density at radius 3 is 2.94 bits per heavy atom. The monoisotopic (exact) mass is 424 g/mol. The second-order valence-corrected chi connectivity index (χ2v) is 8.83. The van der Waals surface area contributed by atoms with Crippen molar-refractivity contribution in [1.82, 2.24) is 19.9 Å². The van der Waals surface area contributed by atoms with Crippen LogP contribution in [0.25, 0.3) is 0 Å². The maximum atomic E-state index is 13.1. The van der Waals surface area contributed by atoms with Gasteiger partial charge in [-0.15, -0.1) is 0 Å². The molecule has 2 amide bonds. The van der Waals surface area contributed by atoms with Crippen LogP contribution in [-0.4, -0.2) is 58.4 Å². The first-order valence-electron chi connectivity index (χ1n) is 11.5. The summed E-state index contributed by atoms with van der Waals surface area (Å²) < 4.78 is 5.45. The molecule has 0 bridgehead atoms. The molecule has 1 aliphatic heterocycles. The van der Waals surface area contributed by atoms with Crippen LogP contribution in [0.1, 0.15) is 66.0 Å². The van der Waals surface area contributed by atoms with E-state index in [0.717, 1.165) is 74.9 Å². The molecule has 0 saturated carbocycles. The Balaban J connectivity index is 1.25. The molecule has 1 fully saturated rings. The molecular weight excluding hydrogens is 392 g/mol. The first-order valence-corrected chi connectivity index (χ1v) is 11.5. The van der Waals surface area contributed by atoms with Crippen LogP contribution in [0.2, 0.25) is 0 Å². The number of aromatic nitrogens is 2. The minimum Gasteiger partial charge on any atom is -0.350 e. The molecule has 4 rings (SSSR count). The van der Waals surface area contributed by atoms with E-state index in [-0.39, 0.29) is 11.8 Å². The second-order valence-electron chi connectivity index (χ2n) is 8.83. The van der Waals surface area contributed by atoms with E-state index in [9.17, 15) is 9.59 Å². The first-order chi connectivity index (χ1) is 15.1. The summed E-state index contributed by atoms with van der Waals surface area (Å²) in [4.78, 5) is 33.6. The number of likely N-dealkylation sites (tertiary alicyclic amines) is 1. The molecule has 0 aromatic carbocycles. The Kier molecular flexibility index (Phi) is 6.99. The zero-order valence-corrected chi connectivity index (χ0v) is 18.4. The average molecular weight is 425 g/mol. The fourth-order valence-corrected chi connectivity index (χ4v) is 4.66. The number of rotatable bonds is 7. The molecule has 0 spiro atoms. The lowest BCUT2D eigenvalue weighted by molar-refractivity contribution is -0.130. The van der Waals surface area contributed by atoms with Gasteiger partial charge in [0.2, 0.25) is 11.7 Å². The largest absolute Gasteiger partial charge is 0.350 e. The lowest BCUT2D eigenvalue weighted by Crippen LogP contribution is -2.40. The Morgan fingerprint density at radius 2 is 2.10 bits per heavy atom. The zero-order valence-electron chi connectivity index (χ0n) is 18.4. The Labute approximate surface area is 183 Å². The van der Waals surface area contributed by atoms with E-state index in [0.29, 0.717) is 31.2 Å². The Bertz CT molecular complexity index is 895. The quantitative estimate of drug-likeness (QED) is 0.681. The number of pyridine rings is 1. The van der Waals surface area contributed by atoms with Gasteiger partial charge in [0.15, 0.2) is 0 Å². The van der Waals surface area contributed by atoms with Crippen molar-refractivity contribution in [2.24, 2.45) is 5.92 Å². The third-order valence-corrected chi connectivity index (χ3v) is 6.58. The molecule has 31 heavy (non-hydrogen) atoms. The van der Waals surface area contributed by atoms with E-state index < -0.39 is 0 Å². The van der Waals surface area contributed by atoms with Gasteiger partial charge in [-0.3, -0.25) is 14.6 Å². The SMILES string of the molecule is CN(CCc1ccccn1)C(=O)CCC1CCCN(C(=O)c2onc3c2CCCC3)C1. The third-order valence-electron chi connectivity index (χ3n) is 6.58. The van der Waals surface area contributed by atoms with Crippen molar-refractivity contribution in [2.75, 3.05) is 26.7 Å². The standard InChI is InChI=1S/C24H32N4O3/c1-27(16-13-19-8-4-5-14-25-19)22(29)12-11-18-7-6-15-28(17-18)24(30)23-20-9-2-3-10-21(20)26-31-23/h4-5,8,14,18H,2-3,6-7,9-13,15-17H2,1H3. The van der Waals surface area contributed by atoms with Crippen LogP contribution in [0.15, 0.2) is 28.9 Å². The van der Waals surface area contributed by atoms with Crippen molar-refractivity contribution < 1.29 is 14.1 Å². The summed E-state index contributed by atoms with van der Waals surface area (Å²) in [5, 5.41) is 4.13. The summed E-state index contributed by atoms with van der Waals surface area (Å²) in [6.45, 7) is 2.11. The van der Waals surface area contributed by atoms with Gasteiger partial charge in [-0.05, 0) is 63.0 Å². The number of carbonyl (C=O) groups excluding carboxylic acids is 2. The van der Waals surface area contributed by atoms with E-state index in [1.165, 1.54) is 0 Å². The molecule has 0 radical (unpaired) electrons. The maximum absolute atomic E-state index is 13.1. The highest BCUT2D eigenvalue weighted by atomic mass is 16.5. The number of piperidine rings is 1. The van der Waals surface area contributed by atoms with E-state index in [1.54, 1.807) is 11.1 Å². The van der Waals surface area contributed by atoms with Gasteiger partial charge in [-0.1, -0.05) is 11.2 Å². The van der Waals surface area contributed by atoms with Crippen molar-refractivity contribution in [1.29, 1.82) is 0 Å². The van der Waals surface area contributed by atoms with Gasteiger partial charge < -0.3 is 14.3 Å². The van der Waals surface area contributed by atoms with Crippen LogP contribution >= 0.6 is 0 Å². The molecule has 166 valence electrons. The lowest BCUT2D eigenvalue weighted by Gasteiger charge is -2.32. The fourth-order valence-electron chi connectivity index (χ4n) is 4.66. The molecule has 1 atom stereocenters. The van der Waals surface area contributed by atoms with Crippen LogP contribution in [-0.2, 0) is 24.1 Å². The maximum Gasteiger partial charge on any atom is 0.292 e. The number of amides is 2. The van der Waals surface area contributed by atoms with Crippen LogP contribution in [0.3, 0.4) is 0 Å². The molecule has 1 saturated heterocycles. The molecule has 2 aromatic heterocycles. The summed E-state index contributed by atoms with van der Waals surface area (Å²) >= 11 is 0. The number of hydrogen-bond acceptors (Lipinski definition) is 5. The molecule has 7 nitrogen and oxygen atoms in total. The number of nitrogens with zero attached hydrogens (tertiary/aromatic N) is 4. The van der Waals surface area contributed by atoms with Gasteiger partial charge >= 0.3 is 0 Å². The van der Waals surface area contributed by atoms with Crippen LogP contribution in [0, 0.1) is 5.92 Å². The van der Waals surface area contributed by atoms with Gasteiger partial charge in [-0.2, -0.15) is 0 Å². The van der Waals surface area contributed by atoms with Crippen LogP contribution < -0.4 is 0 Å². The molecule has 0 N–H and O–H groups in total. The van der Waals surface area contributed by atoms with Gasteiger partial charge in [-0.25, -0.2) is 0 Å². The minimum atomic E-state index is -0.0286. The van der Waals surface area contributed by atoms with Crippen molar-refractivity contribution in [3.63, 3.8) is 0 Å². The second kappa shape index (κ2) is 10.1. The van der Waals surface area contributed by atoms with Crippen LogP contribution in [0.4, 0.5) is 0 Å². The third kappa shape index (κ3) is 5.32. The number of aryl methyl sites for hydroxylation is 1. The Hall–Kier alpha value is -2.70. The fraction of sp³-hybridized carbons (Fsp3) is 0.583. The molecule has 2 aliphatic rings. The molecule has 1 unspecified atom stereocenters. The molecule has 7 heteroatoms. The van der Waals surface area contributed by atoms with Crippen molar-refractivity contribution in [3.05, 3.63) is 47.1 Å². The zero-order chi connectivity index (χ0) is 21.6. The normalized spacial score (nSPS) is 18.5. The van der Waals surface area contributed by atoms with E-state index in [1.807, 2.05) is 30.1 Å². The topological polar surface area (TPSA) is 79.5 Å². The predicted molar refractivity (Wildman–Crippen MR) is 117 cm³/mol. The summed E-state index contributed by atoms with van der Waals surface area (Å²) in [5.41, 5.74) is 2.98. The highest BCUT2D eigenvalue weighted by Gasteiger charge is 2.31. The average Bonchev–Trinajstić information content (AvgIpc) is 3.25. The van der Waals surface area contributed by atoms with Gasteiger partial charge in [0.05, 0.1) is 5.69 Å². The minimum absolute atomic E-state index is 0.0286. The molecule has 2 aromatic rings. The predicted octanol–water partition coefficient (Wildman–Crippen LogP) is 3.28. The highest BCUT2D eigenvalue weighted by Crippen LogP contribution is 2.27. The van der Waals surface area contributed by atoms with E-state index in [2.05, 4.69) is 10.1 Å². The summed E-state index contributed by atoms with van der Waals surface area (Å²) in [6.07, 6.45) is 9.89.